The van der Waals surface area contributed by atoms with Gasteiger partial charge in [0.1, 0.15) is 0 Å². The minimum atomic E-state index is -1.09. The van der Waals surface area contributed by atoms with Gasteiger partial charge in [-0.15, -0.1) is 0 Å². The van der Waals surface area contributed by atoms with E-state index in [2.05, 4.69) is 5.32 Å². The van der Waals surface area contributed by atoms with Gasteiger partial charge in [-0.2, -0.15) is 0 Å². The first-order valence-corrected chi connectivity index (χ1v) is 4.35. The zero-order valence-corrected chi connectivity index (χ0v) is 7.60. The number of amides is 2. The SMILES string of the molecule is O=CNC1CCCN(C(=O)O)CC1=O. The molecule has 0 saturated carbocycles. The first kappa shape index (κ1) is 10.5. The molecule has 0 aliphatic carbocycles. The molecule has 78 valence electrons. The van der Waals surface area contributed by atoms with Crippen molar-refractivity contribution in [1.29, 1.82) is 0 Å². The zero-order chi connectivity index (χ0) is 10.6. The van der Waals surface area contributed by atoms with E-state index in [4.69, 9.17) is 5.11 Å². The predicted octanol–water partition coefficient (Wildman–Crippen LogP) is -0.556. The Bertz CT molecular complexity index is 254. The molecule has 0 aromatic rings. The van der Waals surface area contributed by atoms with Crippen molar-refractivity contribution >= 4 is 18.3 Å². The minimum absolute atomic E-state index is 0.138. The lowest BCUT2D eigenvalue weighted by atomic mass is 10.1. The number of nitrogens with one attached hydrogen (secondary N) is 1. The maximum Gasteiger partial charge on any atom is 0.407 e. The molecule has 1 aliphatic rings. The quantitative estimate of drug-likeness (QED) is 0.585. The van der Waals surface area contributed by atoms with Crippen molar-refractivity contribution in [3.05, 3.63) is 0 Å². The Labute approximate surface area is 80.9 Å². The van der Waals surface area contributed by atoms with E-state index in [1.165, 1.54) is 0 Å². The van der Waals surface area contributed by atoms with Crippen LogP contribution in [0.4, 0.5) is 4.79 Å². The molecule has 1 fully saturated rings. The molecule has 1 unspecified atom stereocenters. The highest BCUT2D eigenvalue weighted by Crippen LogP contribution is 2.07. The molecule has 1 saturated heterocycles. The molecule has 2 amide bonds. The summed E-state index contributed by atoms with van der Waals surface area (Å²) in [4.78, 5) is 33.2. The van der Waals surface area contributed by atoms with E-state index in [0.717, 1.165) is 4.90 Å². The summed E-state index contributed by atoms with van der Waals surface area (Å²) < 4.78 is 0. The van der Waals surface area contributed by atoms with Gasteiger partial charge in [0, 0.05) is 6.54 Å². The average molecular weight is 200 g/mol. The van der Waals surface area contributed by atoms with Crippen LogP contribution in [0.1, 0.15) is 12.8 Å². The van der Waals surface area contributed by atoms with Crippen LogP contribution in [0.2, 0.25) is 0 Å². The number of carbonyl (C=O) groups excluding carboxylic acids is 2. The number of hydrogen-bond donors (Lipinski definition) is 2. The first-order chi connectivity index (χ1) is 6.65. The highest BCUT2D eigenvalue weighted by atomic mass is 16.4. The molecule has 1 aliphatic heterocycles. The van der Waals surface area contributed by atoms with Gasteiger partial charge in [-0.1, -0.05) is 0 Å². The average Bonchev–Trinajstić information content (AvgIpc) is 2.30. The van der Waals surface area contributed by atoms with Gasteiger partial charge >= 0.3 is 6.09 Å². The van der Waals surface area contributed by atoms with E-state index < -0.39 is 12.1 Å². The lowest BCUT2D eigenvalue weighted by Gasteiger charge is -2.15. The molecular weight excluding hydrogens is 188 g/mol. The van der Waals surface area contributed by atoms with E-state index in [-0.39, 0.29) is 12.3 Å². The lowest BCUT2D eigenvalue weighted by Crippen LogP contribution is -2.41. The molecule has 0 bridgehead atoms. The summed E-state index contributed by atoms with van der Waals surface area (Å²) in [5.74, 6) is -0.253. The van der Waals surface area contributed by atoms with Gasteiger partial charge in [-0.3, -0.25) is 9.59 Å². The third-order valence-electron chi connectivity index (χ3n) is 2.20. The third kappa shape index (κ3) is 2.45. The molecule has 0 radical (unpaired) electrons. The predicted molar refractivity (Wildman–Crippen MR) is 46.8 cm³/mol. The number of ketones is 1. The molecule has 0 aromatic carbocycles. The summed E-state index contributed by atoms with van der Waals surface area (Å²) >= 11 is 0. The zero-order valence-electron chi connectivity index (χ0n) is 7.60. The summed E-state index contributed by atoms with van der Waals surface area (Å²) in [5.41, 5.74) is 0. The molecule has 14 heavy (non-hydrogen) atoms. The fourth-order valence-corrected chi connectivity index (χ4v) is 1.45. The molecule has 2 N–H and O–H groups in total. The Balaban J connectivity index is 2.60. The molecule has 0 aromatic heterocycles. The first-order valence-electron chi connectivity index (χ1n) is 4.35. The molecule has 1 atom stereocenters. The van der Waals surface area contributed by atoms with Gasteiger partial charge in [0.25, 0.3) is 0 Å². The maximum absolute atomic E-state index is 11.4. The summed E-state index contributed by atoms with van der Waals surface area (Å²) in [7, 11) is 0. The van der Waals surface area contributed by atoms with Crippen LogP contribution in [0.5, 0.6) is 0 Å². The second kappa shape index (κ2) is 4.59. The Kier molecular flexibility index (Phi) is 3.44. The number of nitrogens with zero attached hydrogens (tertiary/aromatic N) is 1. The van der Waals surface area contributed by atoms with Gasteiger partial charge in [0.05, 0.1) is 12.6 Å². The van der Waals surface area contributed by atoms with Gasteiger partial charge in [-0.25, -0.2) is 4.79 Å². The smallest absolute Gasteiger partial charge is 0.407 e. The van der Waals surface area contributed by atoms with Crippen molar-refractivity contribution in [3.63, 3.8) is 0 Å². The molecule has 6 nitrogen and oxygen atoms in total. The van der Waals surface area contributed by atoms with E-state index in [0.29, 0.717) is 25.8 Å². The van der Waals surface area contributed by atoms with E-state index in [1.54, 1.807) is 0 Å². The number of carbonyl (C=O) groups is 3. The number of hydrogen-bond acceptors (Lipinski definition) is 3. The van der Waals surface area contributed by atoms with Crippen LogP contribution in [0.3, 0.4) is 0 Å². The van der Waals surface area contributed by atoms with E-state index >= 15 is 0 Å². The van der Waals surface area contributed by atoms with Crippen LogP contribution in [-0.4, -0.2) is 47.4 Å². The van der Waals surface area contributed by atoms with Gasteiger partial charge in [0.15, 0.2) is 5.78 Å². The Morgan fingerprint density at radius 3 is 2.93 bits per heavy atom. The number of carboxylic acid groups (broad SMARTS) is 1. The summed E-state index contributed by atoms with van der Waals surface area (Å²) in [6.45, 7) is 0.207. The molecule has 1 rings (SSSR count). The Hall–Kier alpha value is -1.59. The fourth-order valence-electron chi connectivity index (χ4n) is 1.45. The monoisotopic (exact) mass is 200 g/mol. The molecule has 0 spiro atoms. The largest absolute Gasteiger partial charge is 0.465 e. The van der Waals surface area contributed by atoms with E-state index in [1.807, 2.05) is 0 Å². The number of rotatable bonds is 2. The van der Waals surface area contributed by atoms with Crippen molar-refractivity contribution in [2.75, 3.05) is 13.1 Å². The van der Waals surface area contributed by atoms with Crippen LogP contribution in [0.15, 0.2) is 0 Å². The van der Waals surface area contributed by atoms with Crippen molar-refractivity contribution in [2.45, 2.75) is 18.9 Å². The van der Waals surface area contributed by atoms with Gasteiger partial charge in [0.2, 0.25) is 6.41 Å². The maximum atomic E-state index is 11.4. The molecule has 1 heterocycles. The van der Waals surface area contributed by atoms with Gasteiger partial charge in [-0.05, 0) is 12.8 Å². The second-order valence-electron chi connectivity index (χ2n) is 3.15. The highest BCUT2D eigenvalue weighted by Gasteiger charge is 2.26. The number of Topliss-reactive ketones (excluding diaryl/α,β-unsaturated/α-hetero) is 1. The highest BCUT2D eigenvalue weighted by molar-refractivity contribution is 5.89. The van der Waals surface area contributed by atoms with Crippen LogP contribution in [-0.2, 0) is 9.59 Å². The Morgan fingerprint density at radius 2 is 2.36 bits per heavy atom. The Morgan fingerprint density at radius 1 is 1.64 bits per heavy atom. The van der Waals surface area contributed by atoms with Crippen LogP contribution >= 0.6 is 0 Å². The second-order valence-corrected chi connectivity index (χ2v) is 3.15. The van der Waals surface area contributed by atoms with Crippen molar-refractivity contribution < 1.29 is 19.5 Å². The molecular formula is C8H12N2O4. The van der Waals surface area contributed by atoms with Gasteiger partial charge < -0.3 is 15.3 Å². The van der Waals surface area contributed by atoms with Crippen LogP contribution in [0, 0.1) is 0 Å². The summed E-state index contributed by atoms with van der Waals surface area (Å²) in [6, 6.07) is -0.531. The van der Waals surface area contributed by atoms with Crippen molar-refractivity contribution in [2.24, 2.45) is 0 Å². The minimum Gasteiger partial charge on any atom is -0.465 e. The van der Waals surface area contributed by atoms with Crippen LogP contribution in [0.25, 0.3) is 0 Å². The van der Waals surface area contributed by atoms with E-state index in [9.17, 15) is 14.4 Å². The molecule has 6 heteroatoms. The van der Waals surface area contributed by atoms with Crippen molar-refractivity contribution in [1.82, 2.24) is 10.2 Å². The lowest BCUT2D eigenvalue weighted by molar-refractivity contribution is -0.123. The third-order valence-corrected chi connectivity index (χ3v) is 2.20. The fraction of sp³-hybridized carbons (Fsp3) is 0.625. The summed E-state index contributed by atoms with van der Waals surface area (Å²) in [6.07, 6.45) is 0.467. The topological polar surface area (TPSA) is 86.7 Å². The summed E-state index contributed by atoms with van der Waals surface area (Å²) in [5, 5.41) is 11.1. The van der Waals surface area contributed by atoms with Crippen LogP contribution < -0.4 is 5.32 Å². The number of likely N-dealkylation sites (tertiary alicyclic amines) is 1. The standard InChI is InChI=1S/C8H12N2O4/c11-5-9-6-2-1-3-10(8(13)14)4-7(6)12/h5-6H,1-4H2,(H,9,11)(H,13,14). The normalized spacial score (nSPS) is 22.7. The van der Waals surface area contributed by atoms with Crippen molar-refractivity contribution in [3.8, 4) is 0 Å².